The van der Waals surface area contributed by atoms with Gasteiger partial charge in [-0.05, 0) is 82.4 Å². The second-order valence-electron chi connectivity index (χ2n) is 11.6. The molecule has 44 heavy (non-hydrogen) atoms. The molecule has 9 nitrogen and oxygen atoms in total. The van der Waals surface area contributed by atoms with Crippen molar-refractivity contribution in [2.45, 2.75) is 103 Å². The van der Waals surface area contributed by atoms with E-state index in [2.05, 4.69) is 33.7 Å². The van der Waals surface area contributed by atoms with Crippen LogP contribution in [0.2, 0.25) is 0 Å². The molecule has 1 N–H and O–H groups in total. The predicted molar refractivity (Wildman–Crippen MR) is 166 cm³/mol. The van der Waals surface area contributed by atoms with Crippen LogP contribution in [0.3, 0.4) is 0 Å². The molecule has 0 aromatic carbocycles. The third-order valence-electron chi connectivity index (χ3n) is 8.28. The molecule has 6 rings (SSSR count). The van der Waals surface area contributed by atoms with E-state index in [1.807, 2.05) is 38.6 Å². The fourth-order valence-electron chi connectivity index (χ4n) is 5.81. The molecular formula is C31H44F3N7O2S. The largest absolute Gasteiger partial charge is 0.477 e. The van der Waals surface area contributed by atoms with Gasteiger partial charge in [0.2, 0.25) is 5.88 Å². The third-order valence-corrected chi connectivity index (χ3v) is 9.01. The molecule has 13 heteroatoms. The second kappa shape index (κ2) is 13.8. The Morgan fingerprint density at radius 1 is 1.14 bits per heavy atom. The highest BCUT2D eigenvalue weighted by Crippen LogP contribution is 2.59. The first-order valence-electron chi connectivity index (χ1n) is 15.6. The van der Waals surface area contributed by atoms with E-state index >= 15 is 0 Å². The van der Waals surface area contributed by atoms with Crippen molar-refractivity contribution < 1.29 is 22.7 Å². The molecule has 1 saturated heterocycles. The van der Waals surface area contributed by atoms with Gasteiger partial charge in [-0.1, -0.05) is 27.7 Å². The number of pyridine rings is 1. The molecule has 5 heterocycles. The van der Waals surface area contributed by atoms with E-state index in [0.29, 0.717) is 23.1 Å². The quantitative estimate of drug-likeness (QED) is 0.291. The molecule has 4 bridgehead atoms. The first-order chi connectivity index (χ1) is 21.0. The maximum absolute atomic E-state index is 13.4. The Bertz CT molecular complexity index is 1400. The molecule has 3 aromatic heterocycles. The van der Waals surface area contributed by atoms with Crippen LogP contribution in [0.4, 0.5) is 19.0 Å². The number of aryl methyl sites for hydroxylation is 1. The van der Waals surface area contributed by atoms with Crippen LogP contribution in [-0.2, 0) is 6.54 Å². The minimum atomic E-state index is -4.20. The van der Waals surface area contributed by atoms with Crippen molar-refractivity contribution in [3.63, 3.8) is 0 Å². The number of rotatable bonds is 5. The summed E-state index contributed by atoms with van der Waals surface area (Å²) in [7, 11) is 0. The number of amides is 1. The number of hydrogen-bond acceptors (Lipinski definition) is 7. The SMILES string of the molecule is CC.CC.CC1(C)CC2CCCn3cc(cn3)SNC(=O)c3ccc(-n4ccc(OCCC5(C(F)(F)F)CC5)n4)nc3N1C2. The van der Waals surface area contributed by atoms with Crippen molar-refractivity contribution in [3.05, 3.63) is 42.4 Å². The van der Waals surface area contributed by atoms with Gasteiger partial charge in [-0.2, -0.15) is 18.3 Å². The molecule has 0 spiro atoms. The summed E-state index contributed by atoms with van der Waals surface area (Å²) in [5.74, 6) is 1.49. The number of fused-ring (bicyclic) bond motifs is 6. The molecular weight excluding hydrogens is 591 g/mol. The van der Waals surface area contributed by atoms with Gasteiger partial charge in [0.25, 0.3) is 5.91 Å². The lowest BCUT2D eigenvalue weighted by molar-refractivity contribution is -0.190. The molecule has 2 fully saturated rings. The number of nitrogens with one attached hydrogen (secondary N) is 1. The number of ether oxygens (including phenoxy) is 1. The van der Waals surface area contributed by atoms with E-state index in [4.69, 9.17) is 9.72 Å². The van der Waals surface area contributed by atoms with Gasteiger partial charge >= 0.3 is 6.18 Å². The molecule has 1 saturated carbocycles. The Hall–Kier alpha value is -3.22. The summed E-state index contributed by atoms with van der Waals surface area (Å²) in [4.78, 5) is 21.3. The van der Waals surface area contributed by atoms with Crippen LogP contribution in [0.1, 0.15) is 90.4 Å². The van der Waals surface area contributed by atoms with E-state index < -0.39 is 11.6 Å². The molecule has 1 amide bonds. The number of nitrogens with zero attached hydrogens (tertiary/aromatic N) is 6. The zero-order chi connectivity index (χ0) is 32.1. The van der Waals surface area contributed by atoms with Gasteiger partial charge in [0, 0.05) is 37.1 Å². The van der Waals surface area contributed by atoms with Crippen molar-refractivity contribution in [2.75, 3.05) is 18.1 Å². The highest BCUT2D eigenvalue weighted by Gasteiger charge is 2.62. The topological polar surface area (TPSA) is 90.1 Å². The minimum absolute atomic E-state index is 0.0613. The first kappa shape index (κ1) is 33.7. The molecule has 1 atom stereocenters. The summed E-state index contributed by atoms with van der Waals surface area (Å²) >= 11 is 1.22. The maximum atomic E-state index is 13.4. The summed E-state index contributed by atoms with van der Waals surface area (Å²) in [5.41, 5.74) is -1.37. The minimum Gasteiger partial charge on any atom is -0.477 e. The molecule has 3 aliphatic rings. The van der Waals surface area contributed by atoms with Gasteiger partial charge in [-0.25, -0.2) is 9.67 Å². The molecule has 242 valence electrons. The first-order valence-corrected chi connectivity index (χ1v) is 16.4. The summed E-state index contributed by atoms with van der Waals surface area (Å²) in [6.45, 7) is 13.9. The van der Waals surface area contributed by atoms with Gasteiger partial charge < -0.3 is 9.64 Å². The monoisotopic (exact) mass is 635 g/mol. The Kier molecular flexibility index (Phi) is 10.6. The average molecular weight is 636 g/mol. The smallest absolute Gasteiger partial charge is 0.394 e. The van der Waals surface area contributed by atoms with Crippen molar-refractivity contribution in [1.82, 2.24) is 29.3 Å². The van der Waals surface area contributed by atoms with Crippen LogP contribution in [0.5, 0.6) is 5.88 Å². The molecule has 1 aliphatic carbocycles. The van der Waals surface area contributed by atoms with Crippen molar-refractivity contribution in [3.8, 4) is 11.7 Å². The van der Waals surface area contributed by atoms with Crippen LogP contribution in [0.15, 0.2) is 41.7 Å². The predicted octanol–water partition coefficient (Wildman–Crippen LogP) is 7.46. The zero-order valence-corrected chi connectivity index (χ0v) is 27.3. The van der Waals surface area contributed by atoms with Crippen LogP contribution in [0.25, 0.3) is 5.82 Å². The Morgan fingerprint density at radius 2 is 1.89 bits per heavy atom. The summed E-state index contributed by atoms with van der Waals surface area (Å²) in [6, 6.07) is 5.07. The number of halogens is 3. The lowest BCUT2D eigenvalue weighted by atomic mass is 9.93. The van der Waals surface area contributed by atoms with Crippen molar-refractivity contribution in [1.29, 1.82) is 0 Å². The van der Waals surface area contributed by atoms with Crippen LogP contribution < -0.4 is 14.4 Å². The van der Waals surface area contributed by atoms with E-state index in [-0.39, 0.29) is 43.2 Å². The number of anilines is 1. The van der Waals surface area contributed by atoms with E-state index in [0.717, 1.165) is 37.2 Å². The van der Waals surface area contributed by atoms with E-state index in [1.54, 1.807) is 30.6 Å². The Balaban J connectivity index is 0.00000106. The molecule has 3 aromatic rings. The van der Waals surface area contributed by atoms with Crippen molar-refractivity contribution >= 4 is 23.7 Å². The highest BCUT2D eigenvalue weighted by molar-refractivity contribution is 7.98. The number of hydrogen-bond donors (Lipinski definition) is 1. The van der Waals surface area contributed by atoms with Gasteiger partial charge in [0.1, 0.15) is 5.82 Å². The van der Waals surface area contributed by atoms with Gasteiger partial charge in [0.05, 0.1) is 28.7 Å². The lowest BCUT2D eigenvalue weighted by Gasteiger charge is -2.34. The Morgan fingerprint density at radius 3 is 2.59 bits per heavy atom. The van der Waals surface area contributed by atoms with Crippen LogP contribution in [-0.4, -0.2) is 55.3 Å². The standard InChI is InChI=1S/C27H32F3N7O2S.2C2H6/c1-25(2)14-18-4-3-11-35-17-19(15-31-35)40-34-24(38)20-5-6-21(32-23(20)36(25)16-18)37-12-7-22(33-37)39-13-10-26(8-9-26)27(28,29)30;2*1-2/h5-7,12,15,17-18H,3-4,8-11,13-14,16H2,1-2H3,(H,34,38);2*1-2H3. The molecule has 0 radical (unpaired) electrons. The fourth-order valence-corrected chi connectivity index (χ4v) is 6.41. The number of carbonyl (C=O) groups is 1. The molecule has 1 unspecified atom stereocenters. The van der Waals surface area contributed by atoms with E-state index in [9.17, 15) is 18.0 Å². The van der Waals surface area contributed by atoms with Crippen LogP contribution >= 0.6 is 11.9 Å². The third kappa shape index (κ3) is 7.35. The number of carbonyl (C=O) groups excluding carboxylic acids is 1. The second-order valence-corrected chi connectivity index (χ2v) is 12.5. The average Bonchev–Trinajstić information content (AvgIpc) is 3.30. The summed E-state index contributed by atoms with van der Waals surface area (Å²) in [5, 5.41) is 8.81. The van der Waals surface area contributed by atoms with Gasteiger partial charge in [-0.15, -0.1) is 5.10 Å². The summed E-state index contributed by atoms with van der Waals surface area (Å²) in [6.07, 6.45) is 4.38. The van der Waals surface area contributed by atoms with Gasteiger partial charge in [0.15, 0.2) is 5.82 Å². The fraction of sp³-hybridized carbons (Fsp3) is 0.613. The number of aromatic nitrogens is 5. The molecule has 2 aliphatic heterocycles. The lowest BCUT2D eigenvalue weighted by Crippen LogP contribution is -2.40. The van der Waals surface area contributed by atoms with Crippen LogP contribution in [0, 0.1) is 11.3 Å². The van der Waals surface area contributed by atoms with E-state index in [1.165, 1.54) is 16.6 Å². The zero-order valence-electron chi connectivity index (χ0n) is 26.4. The number of alkyl halides is 3. The van der Waals surface area contributed by atoms with Gasteiger partial charge in [-0.3, -0.25) is 14.2 Å². The highest BCUT2D eigenvalue weighted by atomic mass is 32.2. The van der Waals surface area contributed by atoms with Crippen molar-refractivity contribution in [2.24, 2.45) is 11.3 Å². The normalized spacial score (nSPS) is 20.2. The maximum Gasteiger partial charge on any atom is 0.394 e. The summed E-state index contributed by atoms with van der Waals surface area (Å²) < 4.78 is 51.6. The Labute approximate surface area is 262 Å².